The van der Waals surface area contributed by atoms with Gasteiger partial charge in [-0.3, -0.25) is 4.99 Å². The average Bonchev–Trinajstić information content (AvgIpc) is 2.73. The average molecular weight is 379 g/mol. The molecule has 132 valence electrons. The highest BCUT2D eigenvalue weighted by molar-refractivity contribution is 6.14. The van der Waals surface area contributed by atoms with Crippen LogP contribution in [0.1, 0.15) is 21.5 Å². The van der Waals surface area contributed by atoms with Crippen LogP contribution in [0.15, 0.2) is 59.6 Å². The van der Waals surface area contributed by atoms with Gasteiger partial charge in [0.05, 0.1) is 17.8 Å². The van der Waals surface area contributed by atoms with E-state index in [9.17, 15) is 9.90 Å². The summed E-state index contributed by atoms with van der Waals surface area (Å²) in [5, 5.41) is 9.27. The van der Waals surface area contributed by atoms with E-state index in [1.807, 2.05) is 36.4 Å². The molecule has 1 aliphatic heterocycles. The molecule has 2 aromatic rings. The summed E-state index contributed by atoms with van der Waals surface area (Å²) < 4.78 is 0. The van der Waals surface area contributed by atoms with Crippen LogP contribution < -0.4 is 4.90 Å². The number of nitrogens with zero attached hydrogens (tertiary/aromatic N) is 2. The number of benzene rings is 2. The molecule has 1 aliphatic rings. The molecule has 1 N–H and O–H groups in total. The maximum atomic E-state index is 11.3. The van der Waals surface area contributed by atoms with E-state index in [1.165, 1.54) is 0 Å². The second-order valence-electron chi connectivity index (χ2n) is 5.43. The zero-order valence-corrected chi connectivity index (χ0v) is 15.4. The van der Waals surface area contributed by atoms with E-state index < -0.39 is 5.97 Å². The number of rotatable bonds is 3. The van der Waals surface area contributed by atoms with Gasteiger partial charge in [-0.25, -0.2) is 4.79 Å². The largest absolute Gasteiger partial charge is 0.478 e. The number of aliphatic imine (C=N–C) groups is 1. The Morgan fingerprint density at radius 3 is 2.52 bits per heavy atom. The number of fused-ring (bicyclic) bond motifs is 1. The van der Waals surface area contributed by atoms with Gasteiger partial charge < -0.3 is 10.0 Å². The van der Waals surface area contributed by atoms with Crippen LogP contribution in [0.5, 0.6) is 0 Å². The summed E-state index contributed by atoms with van der Waals surface area (Å²) in [5.41, 5.74) is 4.06. The Kier molecular flexibility index (Phi) is 7.68. The van der Waals surface area contributed by atoms with Gasteiger partial charge in [-0.05, 0) is 23.8 Å². The molecule has 4 nitrogen and oxygen atoms in total. The van der Waals surface area contributed by atoms with Crippen molar-refractivity contribution in [2.45, 2.75) is 0 Å². The predicted octanol–water partition coefficient (Wildman–Crippen LogP) is 4.18. The number of hydrogen-bond donors (Lipinski definition) is 1. The number of allylic oxidation sites excluding steroid dienone is 1. The van der Waals surface area contributed by atoms with Crippen molar-refractivity contribution in [1.82, 2.24) is 0 Å². The Morgan fingerprint density at radius 2 is 1.76 bits per heavy atom. The van der Waals surface area contributed by atoms with Crippen LogP contribution in [0, 0.1) is 0 Å². The van der Waals surface area contributed by atoms with E-state index in [1.54, 1.807) is 18.2 Å². The SMILES string of the molecule is CN1CCN=C(C=Cc2ccccc2C(=O)O)c2ccccc21.Cl.Cl. The zero-order chi connectivity index (χ0) is 16.2. The van der Waals surface area contributed by atoms with Crippen LogP contribution in [0.3, 0.4) is 0 Å². The van der Waals surface area contributed by atoms with Gasteiger partial charge in [0.15, 0.2) is 0 Å². The summed E-state index contributed by atoms with van der Waals surface area (Å²) in [4.78, 5) is 18.1. The van der Waals surface area contributed by atoms with Gasteiger partial charge in [0, 0.05) is 24.8 Å². The number of carboxylic acid groups (broad SMARTS) is 1. The van der Waals surface area contributed by atoms with Crippen molar-refractivity contribution in [3.63, 3.8) is 0 Å². The zero-order valence-electron chi connectivity index (χ0n) is 13.8. The molecule has 6 heteroatoms. The third-order valence-corrected chi connectivity index (χ3v) is 3.92. The van der Waals surface area contributed by atoms with Crippen molar-refractivity contribution in [2.75, 3.05) is 25.0 Å². The highest BCUT2D eigenvalue weighted by atomic mass is 35.5. The Labute approximate surface area is 159 Å². The van der Waals surface area contributed by atoms with E-state index in [-0.39, 0.29) is 24.8 Å². The molecule has 0 radical (unpaired) electrons. The van der Waals surface area contributed by atoms with Gasteiger partial charge in [-0.2, -0.15) is 0 Å². The number of halogens is 2. The van der Waals surface area contributed by atoms with Crippen LogP contribution in [0.25, 0.3) is 6.08 Å². The molecule has 3 rings (SSSR count). The summed E-state index contributed by atoms with van der Waals surface area (Å²) in [6.45, 7) is 1.57. The monoisotopic (exact) mass is 378 g/mol. The van der Waals surface area contributed by atoms with Gasteiger partial charge in [-0.1, -0.05) is 42.5 Å². The second-order valence-corrected chi connectivity index (χ2v) is 5.43. The summed E-state index contributed by atoms with van der Waals surface area (Å²) in [5.74, 6) is -0.923. The lowest BCUT2D eigenvalue weighted by atomic mass is 10.0. The second kappa shape index (κ2) is 9.25. The fourth-order valence-electron chi connectivity index (χ4n) is 2.70. The molecule has 0 amide bonds. The third-order valence-electron chi connectivity index (χ3n) is 3.92. The standard InChI is InChI=1S/C19H18N2O2.2ClH/c1-21-13-12-20-17(16-8-4-5-9-18(16)21)11-10-14-6-2-3-7-15(14)19(22)23;;/h2-11H,12-13H2,1H3,(H,22,23);2*1H. The highest BCUT2D eigenvalue weighted by Crippen LogP contribution is 2.23. The van der Waals surface area contributed by atoms with E-state index in [0.29, 0.717) is 17.7 Å². The molecule has 25 heavy (non-hydrogen) atoms. The number of carbonyl (C=O) groups is 1. The lowest BCUT2D eigenvalue weighted by Gasteiger charge is -2.18. The molecule has 0 aromatic heterocycles. The number of likely N-dealkylation sites (N-methyl/N-ethyl adjacent to an activating group) is 1. The van der Waals surface area contributed by atoms with E-state index in [2.05, 4.69) is 23.0 Å². The van der Waals surface area contributed by atoms with Crippen LogP contribution in [-0.2, 0) is 0 Å². The van der Waals surface area contributed by atoms with Crippen molar-refractivity contribution in [2.24, 2.45) is 4.99 Å². The molecule has 0 atom stereocenters. The normalized spacial score (nSPS) is 13.2. The Bertz CT molecular complexity index is 804. The van der Waals surface area contributed by atoms with Crippen molar-refractivity contribution >= 4 is 48.3 Å². The maximum absolute atomic E-state index is 11.3. The number of para-hydroxylation sites is 1. The van der Waals surface area contributed by atoms with Crippen molar-refractivity contribution in [3.05, 3.63) is 71.3 Å². The molecule has 0 unspecified atom stereocenters. The minimum atomic E-state index is -0.923. The molecular weight excluding hydrogens is 359 g/mol. The van der Waals surface area contributed by atoms with Crippen LogP contribution in [0.2, 0.25) is 0 Å². The first-order valence-corrected chi connectivity index (χ1v) is 7.52. The Morgan fingerprint density at radius 1 is 1.08 bits per heavy atom. The number of carboxylic acids is 1. The number of anilines is 1. The molecule has 0 saturated heterocycles. The topological polar surface area (TPSA) is 52.9 Å². The van der Waals surface area contributed by atoms with Crippen LogP contribution in [-0.4, -0.2) is 36.9 Å². The molecular formula is C19H20Cl2N2O2. The van der Waals surface area contributed by atoms with Crippen molar-refractivity contribution in [1.29, 1.82) is 0 Å². The quantitative estimate of drug-likeness (QED) is 0.871. The minimum Gasteiger partial charge on any atom is -0.478 e. The van der Waals surface area contributed by atoms with Gasteiger partial charge in [0.1, 0.15) is 0 Å². The Balaban J connectivity index is 0.00000156. The fraction of sp³-hybridized carbons (Fsp3) is 0.158. The number of aromatic carboxylic acids is 1. The van der Waals surface area contributed by atoms with Gasteiger partial charge in [0.25, 0.3) is 0 Å². The summed E-state index contributed by atoms with van der Waals surface area (Å²) in [6.07, 6.45) is 3.73. The maximum Gasteiger partial charge on any atom is 0.336 e. The van der Waals surface area contributed by atoms with Gasteiger partial charge in [-0.15, -0.1) is 24.8 Å². The molecule has 1 heterocycles. The van der Waals surface area contributed by atoms with Crippen LogP contribution in [0.4, 0.5) is 5.69 Å². The van der Waals surface area contributed by atoms with Gasteiger partial charge in [0.2, 0.25) is 0 Å². The Hall–Kier alpha value is -2.30. The summed E-state index contributed by atoms with van der Waals surface area (Å²) in [7, 11) is 2.06. The first-order chi connectivity index (χ1) is 11.2. The highest BCUT2D eigenvalue weighted by Gasteiger charge is 2.14. The third kappa shape index (κ3) is 4.62. The van der Waals surface area contributed by atoms with E-state index >= 15 is 0 Å². The first-order valence-electron chi connectivity index (χ1n) is 7.52. The fourth-order valence-corrected chi connectivity index (χ4v) is 2.70. The number of benzodiazepines with no additional fused rings is 1. The smallest absolute Gasteiger partial charge is 0.336 e. The number of hydrogen-bond acceptors (Lipinski definition) is 3. The lowest BCUT2D eigenvalue weighted by Crippen LogP contribution is -2.20. The van der Waals surface area contributed by atoms with E-state index in [4.69, 9.17) is 0 Å². The molecule has 0 aliphatic carbocycles. The summed E-state index contributed by atoms with van der Waals surface area (Å²) in [6, 6.07) is 15.1. The van der Waals surface area contributed by atoms with Crippen molar-refractivity contribution < 1.29 is 9.90 Å². The molecule has 0 bridgehead atoms. The van der Waals surface area contributed by atoms with Gasteiger partial charge >= 0.3 is 5.97 Å². The predicted molar refractivity (Wildman–Crippen MR) is 108 cm³/mol. The minimum absolute atomic E-state index is 0. The lowest BCUT2D eigenvalue weighted by molar-refractivity contribution is 0.0696. The molecule has 0 fully saturated rings. The van der Waals surface area contributed by atoms with Crippen LogP contribution >= 0.6 is 24.8 Å². The molecule has 0 saturated carbocycles. The molecule has 0 spiro atoms. The van der Waals surface area contributed by atoms with Crippen molar-refractivity contribution in [3.8, 4) is 0 Å². The summed E-state index contributed by atoms with van der Waals surface area (Å²) >= 11 is 0. The first kappa shape index (κ1) is 20.7. The van der Waals surface area contributed by atoms with E-state index in [0.717, 1.165) is 23.5 Å². The molecule has 2 aromatic carbocycles.